The molecule has 9 nitrogen and oxygen atoms in total. The second kappa shape index (κ2) is 10.1. The Morgan fingerprint density at radius 3 is 2.53 bits per heavy atom. The molecule has 3 aliphatic rings. The van der Waals surface area contributed by atoms with Crippen LogP contribution in [0.15, 0.2) is 24.3 Å². The van der Waals surface area contributed by atoms with Gasteiger partial charge in [-0.1, -0.05) is 31.5 Å². The molecule has 3 amide bonds. The molecule has 2 fully saturated rings. The lowest BCUT2D eigenvalue weighted by Gasteiger charge is -2.36. The van der Waals surface area contributed by atoms with Gasteiger partial charge in [-0.05, 0) is 50.4 Å². The molecule has 9 heteroatoms. The van der Waals surface area contributed by atoms with E-state index in [4.69, 9.17) is 15.6 Å². The molecule has 0 radical (unpaired) electrons. The molecule has 0 saturated carbocycles. The predicted octanol–water partition coefficient (Wildman–Crippen LogP) is 1.18. The van der Waals surface area contributed by atoms with Gasteiger partial charge < -0.3 is 21.1 Å². The molecule has 174 valence electrons. The van der Waals surface area contributed by atoms with Gasteiger partial charge >= 0.3 is 0 Å². The average molecular weight is 445 g/mol. The van der Waals surface area contributed by atoms with Crippen molar-refractivity contribution >= 4 is 29.9 Å². The van der Waals surface area contributed by atoms with Gasteiger partial charge in [0.2, 0.25) is 17.7 Å². The smallest absolute Gasteiger partial charge is 0.290 e. The predicted molar refractivity (Wildman–Crippen MR) is 119 cm³/mol. The van der Waals surface area contributed by atoms with E-state index in [1.54, 1.807) is 0 Å². The first-order chi connectivity index (χ1) is 15.4. The maximum Gasteiger partial charge on any atom is 0.290 e. The Kier molecular flexibility index (Phi) is 7.50. The summed E-state index contributed by atoms with van der Waals surface area (Å²) in [6.07, 6.45) is 3.80. The maximum absolute atomic E-state index is 13.2. The second-order valence-corrected chi connectivity index (χ2v) is 8.67. The number of likely N-dealkylation sites (tertiary alicyclic amines) is 2. The Morgan fingerprint density at radius 1 is 1.25 bits per heavy atom. The van der Waals surface area contributed by atoms with Crippen LogP contribution in [0.2, 0.25) is 0 Å². The third-order valence-corrected chi connectivity index (χ3v) is 6.98. The summed E-state index contributed by atoms with van der Waals surface area (Å²) in [5, 5.41) is 9.93. The maximum atomic E-state index is 13.2. The monoisotopic (exact) mass is 444 g/mol. The first-order valence-corrected chi connectivity index (χ1v) is 11.2. The van der Waals surface area contributed by atoms with Gasteiger partial charge in [-0.3, -0.25) is 24.1 Å². The number of fused-ring (bicyclic) bond motifs is 2. The number of nitrogens with two attached hydrogens (primary N) is 1. The van der Waals surface area contributed by atoms with Crippen molar-refractivity contribution < 1.29 is 24.3 Å². The van der Waals surface area contributed by atoms with Crippen LogP contribution in [0.3, 0.4) is 0 Å². The molecular formula is C23H32N4O5. The lowest BCUT2D eigenvalue weighted by atomic mass is 9.73. The summed E-state index contributed by atoms with van der Waals surface area (Å²) in [6, 6.07) is 7.75. The number of piperidine rings is 1. The van der Waals surface area contributed by atoms with E-state index >= 15 is 0 Å². The Balaban J connectivity index is 0.000000913. The lowest BCUT2D eigenvalue weighted by Crippen LogP contribution is -2.51. The number of carbonyl (C=O) groups is 4. The van der Waals surface area contributed by atoms with Crippen LogP contribution < -0.4 is 11.1 Å². The van der Waals surface area contributed by atoms with Crippen molar-refractivity contribution in [2.75, 3.05) is 31.5 Å². The van der Waals surface area contributed by atoms with Crippen LogP contribution in [-0.2, 0) is 24.6 Å². The highest BCUT2D eigenvalue weighted by atomic mass is 16.3. The number of hydrogen-bond donors (Lipinski definition) is 3. The van der Waals surface area contributed by atoms with Crippen molar-refractivity contribution in [1.29, 1.82) is 0 Å². The van der Waals surface area contributed by atoms with E-state index in [9.17, 15) is 14.4 Å². The number of primary amides is 1. The third kappa shape index (κ3) is 4.34. The van der Waals surface area contributed by atoms with Crippen LogP contribution >= 0.6 is 0 Å². The number of amides is 3. The van der Waals surface area contributed by atoms with Crippen molar-refractivity contribution in [3.8, 4) is 0 Å². The number of nitrogens with one attached hydrogen (secondary N) is 1. The minimum atomic E-state index is -0.638. The Bertz CT molecular complexity index is 868. The van der Waals surface area contributed by atoms with Crippen molar-refractivity contribution in [2.45, 2.75) is 50.5 Å². The van der Waals surface area contributed by atoms with Gasteiger partial charge in [0.25, 0.3) is 6.47 Å². The van der Waals surface area contributed by atoms with Crippen LogP contribution in [0.5, 0.6) is 0 Å². The molecular weight excluding hydrogens is 412 g/mol. The largest absolute Gasteiger partial charge is 0.483 e. The Hall–Kier alpha value is -2.94. The quantitative estimate of drug-likeness (QED) is 0.584. The third-order valence-electron chi connectivity index (χ3n) is 6.98. The van der Waals surface area contributed by atoms with Gasteiger partial charge in [-0.25, -0.2) is 0 Å². The van der Waals surface area contributed by atoms with E-state index in [0.717, 1.165) is 24.1 Å². The highest BCUT2D eigenvalue weighted by Crippen LogP contribution is 2.49. The zero-order chi connectivity index (χ0) is 23.3. The van der Waals surface area contributed by atoms with E-state index < -0.39 is 5.41 Å². The molecule has 4 rings (SSSR count). The van der Waals surface area contributed by atoms with Crippen LogP contribution in [0.1, 0.15) is 44.6 Å². The van der Waals surface area contributed by atoms with Gasteiger partial charge in [-0.2, -0.15) is 0 Å². The van der Waals surface area contributed by atoms with Gasteiger partial charge in [0.05, 0.1) is 18.0 Å². The zero-order valence-corrected chi connectivity index (χ0v) is 18.5. The van der Waals surface area contributed by atoms with Crippen molar-refractivity contribution in [2.24, 2.45) is 11.7 Å². The lowest BCUT2D eigenvalue weighted by molar-refractivity contribution is -0.135. The standard InChI is InChI=1S/C22H30N4O3.CH2O2/c1-2-5-18-22(16-6-3-4-7-17(16)24-21(22)29)10-13-26(18)19(27)14-25-11-8-15(9-12-25)20(23)28;2-1-3/h3-4,6-7,15,18H,2,5,8-14H2,1H3,(H2,23,28)(H,24,29);1H,(H,2,3)/t18-,22+;/m0./s1. The van der Waals surface area contributed by atoms with Gasteiger partial charge in [0.1, 0.15) is 0 Å². The minimum Gasteiger partial charge on any atom is -0.483 e. The summed E-state index contributed by atoms with van der Waals surface area (Å²) in [4.78, 5) is 50.1. The molecule has 0 bridgehead atoms. The Labute approximate surface area is 187 Å². The van der Waals surface area contributed by atoms with E-state index in [1.807, 2.05) is 29.2 Å². The van der Waals surface area contributed by atoms with Crippen LogP contribution in [0.25, 0.3) is 0 Å². The minimum absolute atomic E-state index is 0.0229. The number of carboxylic acid groups (broad SMARTS) is 1. The zero-order valence-electron chi connectivity index (χ0n) is 18.5. The number of hydrogen-bond acceptors (Lipinski definition) is 5. The summed E-state index contributed by atoms with van der Waals surface area (Å²) in [7, 11) is 0. The van der Waals surface area contributed by atoms with Crippen LogP contribution in [0.4, 0.5) is 5.69 Å². The highest BCUT2D eigenvalue weighted by Gasteiger charge is 2.58. The Morgan fingerprint density at radius 2 is 1.91 bits per heavy atom. The summed E-state index contributed by atoms with van der Waals surface area (Å²) >= 11 is 0. The summed E-state index contributed by atoms with van der Waals surface area (Å²) in [6.45, 7) is 4.20. The SMILES string of the molecule is CCC[C@@H]1N(C(=O)CN2CCC(C(N)=O)CC2)CC[C@]12C(=O)Nc1ccccc12.O=CO. The molecule has 2 atom stereocenters. The second-order valence-electron chi connectivity index (χ2n) is 8.67. The molecule has 1 aromatic rings. The summed E-state index contributed by atoms with van der Waals surface area (Å²) in [5.41, 5.74) is 6.68. The van der Waals surface area contributed by atoms with E-state index in [-0.39, 0.29) is 36.2 Å². The normalized spacial score (nSPS) is 25.1. The van der Waals surface area contributed by atoms with Gasteiger partial charge in [-0.15, -0.1) is 0 Å². The summed E-state index contributed by atoms with van der Waals surface area (Å²) < 4.78 is 0. The van der Waals surface area contributed by atoms with Crippen molar-refractivity contribution in [3.63, 3.8) is 0 Å². The fourth-order valence-corrected chi connectivity index (χ4v) is 5.43. The number of rotatable bonds is 5. The molecule has 1 aromatic carbocycles. The summed E-state index contributed by atoms with van der Waals surface area (Å²) in [5.74, 6) is -0.223. The van der Waals surface area contributed by atoms with E-state index in [0.29, 0.717) is 45.4 Å². The number of benzene rings is 1. The molecule has 0 aromatic heterocycles. The van der Waals surface area contributed by atoms with E-state index in [2.05, 4.69) is 17.1 Å². The van der Waals surface area contributed by atoms with Gasteiger partial charge in [0.15, 0.2) is 0 Å². The first kappa shape index (κ1) is 23.7. The van der Waals surface area contributed by atoms with Crippen molar-refractivity contribution in [1.82, 2.24) is 9.80 Å². The average Bonchev–Trinajstić information content (AvgIpc) is 3.29. The molecule has 3 heterocycles. The molecule has 32 heavy (non-hydrogen) atoms. The first-order valence-electron chi connectivity index (χ1n) is 11.2. The van der Waals surface area contributed by atoms with Crippen molar-refractivity contribution in [3.05, 3.63) is 29.8 Å². The molecule has 4 N–H and O–H groups in total. The number of para-hydroxylation sites is 1. The van der Waals surface area contributed by atoms with Gasteiger partial charge in [0, 0.05) is 18.2 Å². The molecule has 2 saturated heterocycles. The van der Waals surface area contributed by atoms with Crippen LogP contribution in [-0.4, -0.2) is 71.3 Å². The molecule has 3 aliphatic heterocycles. The fourth-order valence-electron chi connectivity index (χ4n) is 5.43. The molecule has 0 aliphatic carbocycles. The number of nitrogens with zero attached hydrogens (tertiary/aromatic N) is 2. The number of anilines is 1. The molecule has 0 unspecified atom stereocenters. The van der Waals surface area contributed by atoms with E-state index in [1.165, 1.54) is 0 Å². The molecule has 1 spiro atoms. The number of carbonyl (C=O) groups excluding carboxylic acids is 3. The fraction of sp³-hybridized carbons (Fsp3) is 0.565. The van der Waals surface area contributed by atoms with Crippen LogP contribution in [0, 0.1) is 5.92 Å². The topological polar surface area (TPSA) is 133 Å². The highest BCUT2D eigenvalue weighted by molar-refractivity contribution is 6.07.